The lowest BCUT2D eigenvalue weighted by molar-refractivity contribution is 0.764. The molecule has 0 amide bonds. The number of allylic oxidation sites excluding steroid dienone is 1. The number of rotatable bonds is 2. The van der Waals surface area contributed by atoms with Crippen LogP contribution in [0, 0.1) is 0 Å². The molecule has 1 aromatic heterocycles. The molecule has 1 heterocycles. The molecular weight excluding hydrogens is 148 g/mol. The largest absolute Gasteiger partial charge is 0.275 e. The molecule has 0 aromatic carbocycles. The number of hydrogen-bond donors (Lipinski definition) is 0. The Balaban J connectivity index is 2.67. The summed E-state index contributed by atoms with van der Waals surface area (Å²) in [7, 11) is 1.89. The van der Waals surface area contributed by atoms with E-state index in [0.717, 1.165) is 5.69 Å². The van der Waals surface area contributed by atoms with Crippen molar-refractivity contribution in [2.45, 2.75) is 0 Å². The maximum atomic E-state index is 5.44. The predicted octanol–water partition coefficient (Wildman–Crippen LogP) is 1.67. The first-order chi connectivity index (χ1) is 4.83. The van der Waals surface area contributed by atoms with Gasteiger partial charge in [0.15, 0.2) is 0 Å². The summed E-state index contributed by atoms with van der Waals surface area (Å²) in [4.78, 5) is 0. The lowest BCUT2D eigenvalue weighted by Crippen LogP contribution is -1.86. The molecule has 0 bridgehead atoms. The quantitative estimate of drug-likeness (QED) is 0.596. The van der Waals surface area contributed by atoms with Crippen molar-refractivity contribution in [2.75, 3.05) is 5.88 Å². The van der Waals surface area contributed by atoms with Gasteiger partial charge >= 0.3 is 0 Å². The van der Waals surface area contributed by atoms with E-state index in [2.05, 4.69) is 5.10 Å². The van der Waals surface area contributed by atoms with Crippen LogP contribution in [-0.2, 0) is 7.05 Å². The van der Waals surface area contributed by atoms with E-state index in [1.165, 1.54) is 0 Å². The third-order valence-corrected chi connectivity index (χ3v) is 1.29. The van der Waals surface area contributed by atoms with Crippen LogP contribution in [0.25, 0.3) is 6.08 Å². The lowest BCUT2D eigenvalue weighted by Gasteiger charge is -1.82. The van der Waals surface area contributed by atoms with Gasteiger partial charge in [-0.3, -0.25) is 4.68 Å². The highest BCUT2D eigenvalue weighted by molar-refractivity contribution is 6.19. The first-order valence-electron chi connectivity index (χ1n) is 3.05. The topological polar surface area (TPSA) is 17.8 Å². The smallest absolute Gasteiger partial charge is 0.0848 e. The second kappa shape index (κ2) is 3.42. The van der Waals surface area contributed by atoms with Crippen molar-refractivity contribution < 1.29 is 0 Å². The van der Waals surface area contributed by atoms with Gasteiger partial charge in [-0.2, -0.15) is 5.10 Å². The van der Waals surface area contributed by atoms with Crippen LogP contribution in [0.3, 0.4) is 0 Å². The van der Waals surface area contributed by atoms with Crippen molar-refractivity contribution in [3.8, 4) is 0 Å². The zero-order chi connectivity index (χ0) is 7.40. The Morgan fingerprint density at radius 3 is 3.10 bits per heavy atom. The lowest BCUT2D eigenvalue weighted by atomic mass is 10.4. The molecule has 0 aliphatic carbocycles. The fraction of sp³-hybridized carbons (Fsp3) is 0.286. The van der Waals surface area contributed by atoms with Crippen LogP contribution in [0.2, 0.25) is 0 Å². The van der Waals surface area contributed by atoms with Crippen LogP contribution in [-0.4, -0.2) is 15.7 Å². The van der Waals surface area contributed by atoms with Crippen LogP contribution in [0.15, 0.2) is 18.3 Å². The molecule has 0 spiro atoms. The molecule has 1 rings (SSSR count). The Labute approximate surface area is 65.1 Å². The minimum atomic E-state index is 0.538. The number of aryl methyl sites for hydroxylation is 1. The maximum absolute atomic E-state index is 5.44. The fourth-order valence-electron chi connectivity index (χ4n) is 0.687. The summed E-state index contributed by atoms with van der Waals surface area (Å²) >= 11 is 5.44. The van der Waals surface area contributed by atoms with Crippen LogP contribution in [0.4, 0.5) is 0 Å². The highest BCUT2D eigenvalue weighted by atomic mass is 35.5. The van der Waals surface area contributed by atoms with E-state index in [4.69, 9.17) is 11.6 Å². The molecule has 2 nitrogen and oxygen atoms in total. The van der Waals surface area contributed by atoms with Crippen molar-refractivity contribution in [3.63, 3.8) is 0 Å². The molecule has 0 radical (unpaired) electrons. The van der Waals surface area contributed by atoms with E-state index in [1.807, 2.05) is 31.5 Å². The summed E-state index contributed by atoms with van der Waals surface area (Å²) in [5, 5.41) is 4.12. The van der Waals surface area contributed by atoms with Crippen molar-refractivity contribution in [2.24, 2.45) is 7.05 Å². The minimum Gasteiger partial charge on any atom is -0.275 e. The monoisotopic (exact) mass is 156 g/mol. The Morgan fingerprint density at radius 1 is 1.80 bits per heavy atom. The van der Waals surface area contributed by atoms with Gasteiger partial charge in [-0.15, -0.1) is 11.6 Å². The summed E-state index contributed by atoms with van der Waals surface area (Å²) in [6.07, 6.45) is 5.66. The predicted molar refractivity (Wildman–Crippen MR) is 43.0 cm³/mol. The number of nitrogens with zero attached hydrogens (tertiary/aromatic N) is 2. The van der Waals surface area contributed by atoms with E-state index in [9.17, 15) is 0 Å². The normalized spacial score (nSPS) is 11.0. The Morgan fingerprint density at radius 2 is 2.60 bits per heavy atom. The van der Waals surface area contributed by atoms with Crippen molar-refractivity contribution in [3.05, 3.63) is 24.0 Å². The fourth-order valence-corrected chi connectivity index (χ4v) is 0.776. The minimum absolute atomic E-state index is 0.538. The third-order valence-electron chi connectivity index (χ3n) is 1.11. The van der Waals surface area contributed by atoms with Gasteiger partial charge in [-0.05, 0) is 12.1 Å². The van der Waals surface area contributed by atoms with Crippen LogP contribution in [0.1, 0.15) is 5.69 Å². The molecule has 0 aliphatic heterocycles. The molecule has 3 heteroatoms. The third kappa shape index (κ3) is 1.88. The van der Waals surface area contributed by atoms with Gasteiger partial charge in [0.25, 0.3) is 0 Å². The van der Waals surface area contributed by atoms with Gasteiger partial charge in [0.2, 0.25) is 0 Å². The van der Waals surface area contributed by atoms with E-state index < -0.39 is 0 Å². The molecule has 54 valence electrons. The number of aromatic nitrogens is 2. The Hall–Kier alpha value is -0.760. The number of alkyl halides is 1. The SMILES string of the molecule is Cn1ccc(C=CCCl)n1. The average Bonchev–Trinajstić information content (AvgIpc) is 2.31. The molecule has 0 fully saturated rings. The summed E-state index contributed by atoms with van der Waals surface area (Å²) in [5.74, 6) is 0.538. The van der Waals surface area contributed by atoms with Crippen LogP contribution >= 0.6 is 11.6 Å². The molecular formula is C7H9ClN2. The highest BCUT2D eigenvalue weighted by Crippen LogP contribution is 1.96. The van der Waals surface area contributed by atoms with Gasteiger partial charge in [0.1, 0.15) is 0 Å². The van der Waals surface area contributed by atoms with Gasteiger partial charge in [-0.25, -0.2) is 0 Å². The molecule has 0 aliphatic rings. The van der Waals surface area contributed by atoms with E-state index in [0.29, 0.717) is 5.88 Å². The molecule has 10 heavy (non-hydrogen) atoms. The van der Waals surface area contributed by atoms with Gasteiger partial charge in [0.05, 0.1) is 5.69 Å². The highest BCUT2D eigenvalue weighted by Gasteiger charge is 1.87. The van der Waals surface area contributed by atoms with E-state index in [-0.39, 0.29) is 0 Å². The standard InChI is InChI=1S/C7H9ClN2/c1-10-6-4-7(9-10)3-2-5-8/h2-4,6H,5H2,1H3. The van der Waals surface area contributed by atoms with Crippen molar-refractivity contribution in [1.82, 2.24) is 9.78 Å². The molecule has 0 saturated heterocycles. The first-order valence-corrected chi connectivity index (χ1v) is 3.58. The van der Waals surface area contributed by atoms with Crippen molar-refractivity contribution in [1.29, 1.82) is 0 Å². The second-order valence-electron chi connectivity index (χ2n) is 1.97. The summed E-state index contributed by atoms with van der Waals surface area (Å²) in [5.41, 5.74) is 0.947. The molecule has 0 N–H and O–H groups in total. The Kier molecular flexibility index (Phi) is 2.51. The van der Waals surface area contributed by atoms with Crippen LogP contribution in [0.5, 0.6) is 0 Å². The van der Waals surface area contributed by atoms with Gasteiger partial charge < -0.3 is 0 Å². The summed E-state index contributed by atoms with van der Waals surface area (Å²) in [6, 6.07) is 1.93. The molecule has 0 atom stereocenters. The first kappa shape index (κ1) is 7.35. The summed E-state index contributed by atoms with van der Waals surface area (Å²) in [6.45, 7) is 0. The Bertz CT molecular complexity index is 227. The zero-order valence-corrected chi connectivity index (χ0v) is 6.54. The summed E-state index contributed by atoms with van der Waals surface area (Å²) < 4.78 is 1.76. The van der Waals surface area contributed by atoms with Crippen molar-refractivity contribution >= 4 is 17.7 Å². The molecule has 1 aromatic rings. The zero-order valence-electron chi connectivity index (χ0n) is 5.79. The molecule has 0 saturated carbocycles. The van der Waals surface area contributed by atoms with Gasteiger partial charge in [-0.1, -0.05) is 6.08 Å². The van der Waals surface area contributed by atoms with E-state index in [1.54, 1.807) is 4.68 Å². The molecule has 0 unspecified atom stereocenters. The van der Waals surface area contributed by atoms with Crippen LogP contribution < -0.4 is 0 Å². The maximum Gasteiger partial charge on any atom is 0.0848 e. The van der Waals surface area contributed by atoms with Gasteiger partial charge in [0, 0.05) is 19.1 Å². The number of halogens is 1. The average molecular weight is 157 g/mol. The number of hydrogen-bond acceptors (Lipinski definition) is 1. The second-order valence-corrected chi connectivity index (χ2v) is 2.28. The van der Waals surface area contributed by atoms with E-state index >= 15 is 0 Å².